The molecule has 3 aliphatic rings. The van der Waals surface area contributed by atoms with Gasteiger partial charge in [-0.05, 0) is 37.8 Å². The van der Waals surface area contributed by atoms with Gasteiger partial charge in [0.15, 0.2) is 0 Å². The van der Waals surface area contributed by atoms with Gasteiger partial charge in [-0.15, -0.1) is 0 Å². The Labute approximate surface area is 161 Å². The molecular weight excluding hydrogens is 340 g/mol. The molecule has 5 heteroatoms. The normalized spacial score (nSPS) is 24.9. The summed E-state index contributed by atoms with van der Waals surface area (Å²) in [6.07, 6.45) is 7.20. The summed E-state index contributed by atoms with van der Waals surface area (Å²) in [6, 6.07) is 9.81. The molecule has 0 atom stereocenters. The molecule has 0 radical (unpaired) electrons. The Hall–Kier alpha value is -1.88. The maximum Gasteiger partial charge on any atom is 0.253 e. The molecule has 2 saturated heterocycles. The maximum absolute atomic E-state index is 13.1. The summed E-state index contributed by atoms with van der Waals surface area (Å²) in [5.41, 5.74) is 0.425. The van der Waals surface area contributed by atoms with Crippen molar-refractivity contribution in [3.8, 4) is 0 Å². The predicted molar refractivity (Wildman–Crippen MR) is 104 cm³/mol. The van der Waals surface area contributed by atoms with Crippen molar-refractivity contribution >= 4 is 17.5 Å². The summed E-state index contributed by atoms with van der Waals surface area (Å²) >= 11 is 0. The standard InChI is InChI=1S/C22H30N2O3/c1-21(10-6-3-7-11-21)20(26)23-14-12-22(13-15-23)17-24(19(25)16-27-22)18-8-4-2-5-9-18/h2,4-5,8-9H,3,6-7,10-17H2,1H3. The third-order valence-corrected chi connectivity index (χ3v) is 6.75. The number of carbonyl (C=O) groups is 2. The molecule has 1 saturated carbocycles. The lowest BCUT2D eigenvalue weighted by molar-refractivity contribution is -0.156. The molecule has 27 heavy (non-hydrogen) atoms. The Bertz CT molecular complexity index is 689. The van der Waals surface area contributed by atoms with Gasteiger partial charge in [0.2, 0.25) is 5.91 Å². The number of benzene rings is 1. The van der Waals surface area contributed by atoms with Crippen molar-refractivity contribution in [3.63, 3.8) is 0 Å². The summed E-state index contributed by atoms with van der Waals surface area (Å²) in [5, 5.41) is 0. The number of carbonyl (C=O) groups excluding carboxylic acids is 2. The van der Waals surface area contributed by atoms with Crippen molar-refractivity contribution in [1.29, 1.82) is 0 Å². The molecule has 2 aliphatic heterocycles. The number of morpholine rings is 1. The van der Waals surface area contributed by atoms with E-state index in [1.807, 2.05) is 40.1 Å². The van der Waals surface area contributed by atoms with E-state index in [0.717, 1.165) is 57.3 Å². The van der Waals surface area contributed by atoms with E-state index in [2.05, 4.69) is 6.92 Å². The van der Waals surface area contributed by atoms with Gasteiger partial charge < -0.3 is 14.5 Å². The SMILES string of the molecule is CC1(C(=O)N2CCC3(CC2)CN(c2ccccc2)C(=O)CO3)CCCCC1. The van der Waals surface area contributed by atoms with Crippen molar-refractivity contribution in [3.05, 3.63) is 30.3 Å². The van der Waals surface area contributed by atoms with E-state index in [9.17, 15) is 9.59 Å². The molecule has 2 heterocycles. The minimum Gasteiger partial charge on any atom is -0.363 e. The molecule has 0 N–H and O–H groups in total. The number of hydrogen-bond acceptors (Lipinski definition) is 3. The van der Waals surface area contributed by atoms with Crippen LogP contribution in [-0.2, 0) is 14.3 Å². The molecule has 0 aromatic heterocycles. The first-order valence-corrected chi connectivity index (χ1v) is 10.3. The lowest BCUT2D eigenvalue weighted by Gasteiger charge is -2.48. The number of ether oxygens (including phenoxy) is 1. The minimum absolute atomic E-state index is 0.0139. The molecule has 1 aromatic rings. The highest BCUT2D eigenvalue weighted by atomic mass is 16.5. The van der Waals surface area contributed by atoms with Crippen LogP contribution < -0.4 is 4.90 Å². The summed E-state index contributed by atoms with van der Waals surface area (Å²) in [7, 11) is 0. The molecule has 4 rings (SSSR count). The van der Waals surface area contributed by atoms with Crippen LogP contribution >= 0.6 is 0 Å². The summed E-state index contributed by atoms with van der Waals surface area (Å²) < 4.78 is 6.04. The summed E-state index contributed by atoms with van der Waals surface area (Å²) in [5.74, 6) is 0.337. The number of amides is 2. The zero-order chi connectivity index (χ0) is 18.9. The van der Waals surface area contributed by atoms with E-state index in [-0.39, 0.29) is 23.5 Å². The van der Waals surface area contributed by atoms with Gasteiger partial charge >= 0.3 is 0 Å². The van der Waals surface area contributed by atoms with Crippen LogP contribution in [0.15, 0.2) is 30.3 Å². The van der Waals surface area contributed by atoms with Gasteiger partial charge in [-0.3, -0.25) is 9.59 Å². The van der Waals surface area contributed by atoms with Crippen LogP contribution in [0.1, 0.15) is 51.9 Å². The Balaban J connectivity index is 1.42. The Morgan fingerprint density at radius 3 is 2.33 bits per heavy atom. The van der Waals surface area contributed by atoms with Crippen molar-refractivity contribution in [1.82, 2.24) is 4.90 Å². The minimum atomic E-state index is -0.325. The topological polar surface area (TPSA) is 49.9 Å². The number of rotatable bonds is 2. The van der Waals surface area contributed by atoms with Gasteiger partial charge in [-0.25, -0.2) is 0 Å². The van der Waals surface area contributed by atoms with Crippen LogP contribution in [0.4, 0.5) is 5.69 Å². The lowest BCUT2D eigenvalue weighted by Crippen LogP contribution is -2.60. The second-order valence-corrected chi connectivity index (χ2v) is 8.70. The zero-order valence-corrected chi connectivity index (χ0v) is 16.3. The van der Waals surface area contributed by atoms with E-state index in [0.29, 0.717) is 12.5 Å². The quantitative estimate of drug-likeness (QED) is 0.802. The molecule has 1 aromatic carbocycles. The first-order valence-electron chi connectivity index (χ1n) is 10.3. The van der Waals surface area contributed by atoms with Gasteiger partial charge in [-0.1, -0.05) is 44.4 Å². The third kappa shape index (κ3) is 3.62. The highest BCUT2D eigenvalue weighted by Crippen LogP contribution is 2.39. The maximum atomic E-state index is 13.1. The third-order valence-electron chi connectivity index (χ3n) is 6.75. The highest BCUT2D eigenvalue weighted by Gasteiger charge is 2.45. The van der Waals surface area contributed by atoms with Crippen LogP contribution in [0.5, 0.6) is 0 Å². The number of para-hydroxylation sites is 1. The second kappa shape index (κ2) is 7.27. The average molecular weight is 370 g/mol. The molecule has 1 spiro atoms. The van der Waals surface area contributed by atoms with Gasteiger partial charge in [-0.2, -0.15) is 0 Å². The number of anilines is 1. The summed E-state index contributed by atoms with van der Waals surface area (Å²) in [4.78, 5) is 29.4. The molecule has 5 nitrogen and oxygen atoms in total. The van der Waals surface area contributed by atoms with Gasteiger partial charge in [0, 0.05) is 24.2 Å². The lowest BCUT2D eigenvalue weighted by atomic mass is 9.74. The van der Waals surface area contributed by atoms with Crippen molar-refractivity contribution < 1.29 is 14.3 Å². The summed E-state index contributed by atoms with van der Waals surface area (Å²) in [6.45, 7) is 4.30. The van der Waals surface area contributed by atoms with Crippen molar-refractivity contribution in [2.45, 2.75) is 57.5 Å². The fourth-order valence-electron chi connectivity index (χ4n) is 4.91. The van der Waals surface area contributed by atoms with Crippen molar-refractivity contribution in [2.75, 3.05) is 31.1 Å². The highest BCUT2D eigenvalue weighted by molar-refractivity contribution is 5.95. The van der Waals surface area contributed by atoms with Crippen LogP contribution in [0.3, 0.4) is 0 Å². The molecule has 1 aliphatic carbocycles. The molecule has 0 unspecified atom stereocenters. The van der Waals surface area contributed by atoms with Crippen LogP contribution in [0.2, 0.25) is 0 Å². The van der Waals surface area contributed by atoms with Gasteiger partial charge in [0.25, 0.3) is 5.91 Å². The van der Waals surface area contributed by atoms with Gasteiger partial charge in [0.05, 0.1) is 12.1 Å². The number of hydrogen-bond donors (Lipinski definition) is 0. The van der Waals surface area contributed by atoms with Crippen LogP contribution in [0.25, 0.3) is 0 Å². The first kappa shape index (κ1) is 18.5. The zero-order valence-electron chi connectivity index (χ0n) is 16.3. The van der Waals surface area contributed by atoms with E-state index in [1.54, 1.807) is 0 Å². The molecule has 0 bridgehead atoms. The van der Waals surface area contributed by atoms with E-state index in [1.165, 1.54) is 6.42 Å². The fraction of sp³-hybridized carbons (Fsp3) is 0.636. The van der Waals surface area contributed by atoms with E-state index < -0.39 is 0 Å². The molecule has 2 amide bonds. The second-order valence-electron chi connectivity index (χ2n) is 8.70. The first-order chi connectivity index (χ1) is 13.0. The van der Waals surface area contributed by atoms with Gasteiger partial charge in [0.1, 0.15) is 6.61 Å². The Morgan fingerprint density at radius 2 is 1.67 bits per heavy atom. The Kier molecular flexibility index (Phi) is 4.97. The molecule has 3 fully saturated rings. The molecule has 146 valence electrons. The largest absolute Gasteiger partial charge is 0.363 e. The fourth-order valence-corrected chi connectivity index (χ4v) is 4.91. The van der Waals surface area contributed by atoms with E-state index >= 15 is 0 Å². The predicted octanol–water partition coefficient (Wildman–Crippen LogP) is 3.38. The van der Waals surface area contributed by atoms with Crippen molar-refractivity contribution in [2.24, 2.45) is 5.41 Å². The number of likely N-dealkylation sites (tertiary alicyclic amines) is 1. The average Bonchev–Trinajstić information content (AvgIpc) is 2.71. The van der Waals surface area contributed by atoms with E-state index in [4.69, 9.17) is 4.74 Å². The number of nitrogens with zero attached hydrogens (tertiary/aromatic N) is 2. The Morgan fingerprint density at radius 1 is 1.00 bits per heavy atom. The monoisotopic (exact) mass is 370 g/mol. The van der Waals surface area contributed by atoms with Crippen LogP contribution in [0, 0.1) is 5.41 Å². The van der Waals surface area contributed by atoms with Crippen LogP contribution in [-0.4, -0.2) is 48.6 Å². The smallest absolute Gasteiger partial charge is 0.253 e. The molecular formula is C22H30N2O3. The number of piperidine rings is 1.